The molecule has 2 heterocycles. The van der Waals surface area contributed by atoms with Gasteiger partial charge in [-0.3, -0.25) is 8.90 Å². The summed E-state index contributed by atoms with van der Waals surface area (Å²) < 4.78 is 43.2. The van der Waals surface area contributed by atoms with Crippen molar-refractivity contribution in [3.8, 4) is 0 Å². The third kappa shape index (κ3) is 5.87. The van der Waals surface area contributed by atoms with Crippen LogP contribution in [0.5, 0.6) is 0 Å². The molecule has 0 N–H and O–H groups in total. The van der Waals surface area contributed by atoms with Gasteiger partial charge in [0.15, 0.2) is 8.32 Å². The van der Waals surface area contributed by atoms with Crippen molar-refractivity contribution in [2.24, 2.45) is 5.92 Å². The van der Waals surface area contributed by atoms with Gasteiger partial charge in [-0.2, -0.15) is 0 Å². The number of halogens is 1. The quantitative estimate of drug-likeness (QED) is 0.121. The monoisotopic (exact) mass is 544 g/mol. The minimum atomic E-state index is -3.88. The van der Waals surface area contributed by atoms with Crippen molar-refractivity contribution in [3.05, 3.63) is 12.7 Å². The average molecular weight is 545 g/mol. The zero-order valence-corrected chi connectivity index (χ0v) is 26.9. The summed E-state index contributed by atoms with van der Waals surface area (Å²) in [6.45, 7) is 29.1. The van der Waals surface area contributed by atoms with Crippen LogP contribution in [0.3, 0.4) is 0 Å². The van der Waals surface area contributed by atoms with Gasteiger partial charge in [-0.1, -0.05) is 89.2 Å². The molecule has 0 aromatic rings. The second kappa shape index (κ2) is 11.3. The van der Waals surface area contributed by atoms with Crippen molar-refractivity contribution in [1.82, 2.24) is 0 Å². The van der Waals surface area contributed by atoms with E-state index in [9.17, 15) is 4.79 Å². The van der Waals surface area contributed by atoms with Gasteiger partial charge in [-0.25, -0.2) is 0 Å². The highest BCUT2D eigenvalue weighted by atomic mass is 28.4. The van der Waals surface area contributed by atoms with Crippen molar-refractivity contribution < 1.29 is 27.2 Å². The fraction of sp³-hybridized carbons (Fsp3) is 0.893. The first-order chi connectivity index (χ1) is 16.3. The highest BCUT2D eigenvalue weighted by Crippen LogP contribution is 2.54. The van der Waals surface area contributed by atoms with Crippen LogP contribution in [0.1, 0.15) is 95.9 Å². The molecule has 2 aliphatic rings. The zero-order chi connectivity index (χ0) is 27.9. The van der Waals surface area contributed by atoms with Crippen LogP contribution < -0.4 is 0 Å². The molecular weight excluding hydrogens is 491 g/mol. The van der Waals surface area contributed by atoms with Gasteiger partial charge in [0.25, 0.3) is 0 Å². The molecular formula is C28H53FO5Si2. The molecule has 8 heteroatoms. The molecule has 0 unspecified atom stereocenters. The van der Waals surface area contributed by atoms with E-state index < -0.39 is 45.4 Å². The molecule has 5 atom stereocenters. The van der Waals surface area contributed by atoms with E-state index in [-0.39, 0.29) is 24.4 Å². The van der Waals surface area contributed by atoms with Crippen molar-refractivity contribution in [3.63, 3.8) is 0 Å². The van der Waals surface area contributed by atoms with E-state index >= 15 is 4.11 Å². The van der Waals surface area contributed by atoms with Crippen LogP contribution in [0.4, 0.5) is 4.11 Å². The second-order valence-electron chi connectivity index (χ2n) is 13.9. The molecule has 36 heavy (non-hydrogen) atoms. The van der Waals surface area contributed by atoms with Crippen LogP contribution in [0, 0.1) is 5.92 Å². The Hall–Kier alpha value is -0.546. The first-order valence-corrected chi connectivity index (χ1v) is 17.7. The van der Waals surface area contributed by atoms with Crippen LogP contribution in [0.2, 0.25) is 26.7 Å². The number of esters is 1. The lowest BCUT2D eigenvalue weighted by Gasteiger charge is -2.51. The van der Waals surface area contributed by atoms with Crippen molar-refractivity contribution >= 4 is 22.9 Å². The molecule has 0 spiro atoms. The van der Waals surface area contributed by atoms with E-state index in [0.29, 0.717) is 29.7 Å². The highest BCUT2D eigenvalue weighted by Gasteiger charge is 2.63. The molecule has 0 amide bonds. The summed E-state index contributed by atoms with van der Waals surface area (Å²) in [5, 5.41) is -1.36. The second-order valence-corrected chi connectivity index (χ2v) is 23.8. The zero-order valence-electron chi connectivity index (χ0n) is 24.9. The summed E-state index contributed by atoms with van der Waals surface area (Å²) in [5.41, 5.74) is 1.21. The number of fused-ring (bicyclic) bond motifs is 1. The largest absolute Gasteiger partial charge is 0.459 e. The van der Waals surface area contributed by atoms with Crippen molar-refractivity contribution in [2.75, 3.05) is 6.61 Å². The molecule has 0 radical (unpaired) electrons. The van der Waals surface area contributed by atoms with E-state index in [2.05, 4.69) is 48.1 Å². The molecule has 0 aromatic heterocycles. The van der Waals surface area contributed by atoms with Gasteiger partial charge in [0, 0.05) is 16.0 Å². The molecule has 2 fully saturated rings. The Balaban J connectivity index is 2.53. The number of ether oxygens (including phenoxy) is 2. The van der Waals surface area contributed by atoms with E-state index in [1.165, 1.54) is 0 Å². The van der Waals surface area contributed by atoms with Gasteiger partial charge in [-0.05, 0) is 23.0 Å². The normalized spacial score (nSPS) is 28.1. The van der Waals surface area contributed by atoms with Gasteiger partial charge in [-0.15, -0.1) is 6.58 Å². The molecule has 0 saturated carbocycles. The SMILES string of the molecule is C=CC[C@H]1O[C@H](CO[Si](C(C)C)(C(C)C)C(C)C)[C@@H](O[Si](F)(C(C)(C)C)C(C)(C)C)[C@@H]2OC(=O)C[C@@H]21. The summed E-state index contributed by atoms with van der Waals surface area (Å²) in [6.07, 6.45) is 0.640. The Morgan fingerprint density at radius 2 is 1.50 bits per heavy atom. The summed E-state index contributed by atoms with van der Waals surface area (Å²) in [5.74, 6) is -0.456. The smallest absolute Gasteiger partial charge is 0.394 e. The predicted octanol–water partition coefficient (Wildman–Crippen LogP) is 7.85. The van der Waals surface area contributed by atoms with Gasteiger partial charge >= 0.3 is 14.6 Å². The van der Waals surface area contributed by atoms with Gasteiger partial charge < -0.3 is 18.3 Å². The minimum absolute atomic E-state index is 0.183. The molecule has 2 saturated heterocycles. The van der Waals surface area contributed by atoms with Crippen LogP contribution >= 0.6 is 0 Å². The highest BCUT2D eigenvalue weighted by molar-refractivity contribution is 6.77. The van der Waals surface area contributed by atoms with E-state index in [4.69, 9.17) is 18.3 Å². The first-order valence-electron chi connectivity index (χ1n) is 13.8. The topological polar surface area (TPSA) is 54.0 Å². The van der Waals surface area contributed by atoms with E-state index in [1.807, 2.05) is 47.6 Å². The maximum Gasteiger partial charge on any atom is 0.394 e. The summed E-state index contributed by atoms with van der Waals surface area (Å²) in [7, 11) is -6.09. The molecule has 2 rings (SSSR count). The fourth-order valence-corrected chi connectivity index (χ4v) is 16.0. The van der Waals surface area contributed by atoms with E-state index in [0.717, 1.165) is 0 Å². The Morgan fingerprint density at radius 1 is 1.00 bits per heavy atom. The fourth-order valence-electron chi connectivity index (χ4n) is 6.93. The summed E-state index contributed by atoms with van der Waals surface area (Å²) in [4.78, 5) is 12.5. The maximum atomic E-state index is 17.1. The third-order valence-electron chi connectivity index (χ3n) is 8.44. The Kier molecular flexibility index (Phi) is 9.93. The number of carbonyl (C=O) groups excluding carboxylic acids is 1. The van der Waals surface area contributed by atoms with Crippen LogP contribution in [-0.4, -0.2) is 54.0 Å². The summed E-state index contributed by atoms with van der Waals surface area (Å²) in [6, 6.07) is 0. The Morgan fingerprint density at radius 3 is 1.92 bits per heavy atom. The van der Waals surface area contributed by atoms with Crippen LogP contribution in [0.25, 0.3) is 0 Å². The molecule has 0 aliphatic carbocycles. The number of hydrogen-bond acceptors (Lipinski definition) is 5. The maximum absolute atomic E-state index is 17.1. The number of carbonyl (C=O) groups is 1. The first kappa shape index (κ1) is 31.7. The standard InChI is InChI=1S/C28H53FO5Si2/c1-14-15-22-21-16-24(30)33-25(21)26(34-36(29,27(8,9)10)28(11,12)13)23(32-22)17-31-35(18(2)3,19(4)5)20(6)7/h14,18-23,25-26H,1,15-17H2,2-13H3/t21-,22-,23-,25-,26-/m1/s1. The third-order valence-corrected chi connectivity index (χ3v) is 19.0. The lowest BCUT2D eigenvalue weighted by atomic mass is 9.85. The number of hydrogen-bond donors (Lipinski definition) is 0. The molecule has 0 bridgehead atoms. The Bertz CT molecular complexity index is 735. The Labute approximate surface area is 222 Å². The van der Waals surface area contributed by atoms with Crippen LogP contribution in [-0.2, 0) is 23.1 Å². The van der Waals surface area contributed by atoms with Gasteiger partial charge in [0.1, 0.15) is 18.3 Å². The molecule has 5 nitrogen and oxygen atoms in total. The molecule has 2 aliphatic heterocycles. The van der Waals surface area contributed by atoms with Crippen molar-refractivity contribution in [1.29, 1.82) is 0 Å². The minimum Gasteiger partial charge on any atom is -0.459 e. The lowest BCUT2D eigenvalue weighted by Crippen LogP contribution is -2.63. The van der Waals surface area contributed by atoms with Crippen molar-refractivity contribution in [2.45, 2.75) is 147 Å². The van der Waals surface area contributed by atoms with Crippen LogP contribution in [0.15, 0.2) is 12.7 Å². The molecule has 210 valence electrons. The summed E-state index contributed by atoms with van der Waals surface area (Å²) >= 11 is 0. The molecule has 0 aromatic carbocycles. The lowest BCUT2D eigenvalue weighted by molar-refractivity contribution is -0.195. The van der Waals surface area contributed by atoms with Gasteiger partial charge in [0.05, 0.1) is 19.1 Å². The predicted molar refractivity (Wildman–Crippen MR) is 150 cm³/mol. The van der Waals surface area contributed by atoms with E-state index in [1.54, 1.807) is 0 Å². The number of rotatable bonds is 10. The average Bonchev–Trinajstić information content (AvgIpc) is 3.10. The van der Waals surface area contributed by atoms with Gasteiger partial charge in [0.2, 0.25) is 0 Å².